The van der Waals surface area contributed by atoms with Crippen LogP contribution in [0.3, 0.4) is 0 Å². The molecule has 0 atom stereocenters. The van der Waals surface area contributed by atoms with Gasteiger partial charge in [0.1, 0.15) is 18.2 Å². The van der Waals surface area contributed by atoms with Crippen LogP contribution in [0, 0.1) is 5.82 Å². The Labute approximate surface area is 122 Å². The van der Waals surface area contributed by atoms with E-state index in [2.05, 4.69) is 14.6 Å². The molecule has 2 heterocycles. The van der Waals surface area contributed by atoms with E-state index in [1.807, 2.05) is 0 Å². The van der Waals surface area contributed by atoms with Gasteiger partial charge in [-0.05, 0) is 12.1 Å². The van der Waals surface area contributed by atoms with Crippen molar-refractivity contribution in [3.63, 3.8) is 0 Å². The summed E-state index contributed by atoms with van der Waals surface area (Å²) in [5.74, 6) is -1.55. The lowest BCUT2D eigenvalue weighted by atomic mass is 10.2. The first kappa shape index (κ1) is 14.8. The number of aromatic nitrogens is 2. The van der Waals surface area contributed by atoms with E-state index in [0.29, 0.717) is 17.9 Å². The van der Waals surface area contributed by atoms with Gasteiger partial charge >= 0.3 is 12.1 Å². The van der Waals surface area contributed by atoms with Gasteiger partial charge in [-0.15, -0.1) is 10.2 Å². The molecule has 1 aliphatic rings. The number of ether oxygens (including phenoxy) is 1. The molecule has 3 rings (SSSR count). The number of nitrogens with zero attached hydrogens (tertiary/aromatic N) is 3. The van der Waals surface area contributed by atoms with Crippen LogP contribution in [0.15, 0.2) is 22.6 Å². The van der Waals surface area contributed by atoms with Gasteiger partial charge in [0.25, 0.3) is 0 Å². The number of benzene rings is 1. The molecule has 0 N–H and O–H groups in total. The quantitative estimate of drug-likeness (QED) is 0.797. The highest BCUT2D eigenvalue weighted by molar-refractivity contribution is 5.35. The summed E-state index contributed by atoms with van der Waals surface area (Å²) in [5.41, 5.74) is 0.357. The van der Waals surface area contributed by atoms with E-state index in [9.17, 15) is 17.6 Å². The fourth-order valence-corrected chi connectivity index (χ4v) is 2.17. The highest BCUT2D eigenvalue weighted by atomic mass is 19.4. The van der Waals surface area contributed by atoms with Crippen molar-refractivity contribution >= 4 is 0 Å². The van der Waals surface area contributed by atoms with E-state index < -0.39 is 17.9 Å². The molecule has 1 aliphatic heterocycles. The van der Waals surface area contributed by atoms with E-state index in [1.165, 1.54) is 12.1 Å². The number of hydrogen-bond donors (Lipinski definition) is 0. The number of fused-ring (bicyclic) bond motifs is 1. The van der Waals surface area contributed by atoms with Crippen LogP contribution in [0.1, 0.15) is 17.3 Å². The lowest BCUT2D eigenvalue weighted by molar-refractivity contribution is -0.157. The molecule has 0 amide bonds. The zero-order valence-electron chi connectivity index (χ0n) is 11.2. The molecular formula is C13H11F4N3O2. The molecule has 0 fully saturated rings. The number of alkyl halides is 3. The van der Waals surface area contributed by atoms with Gasteiger partial charge in [0.05, 0.1) is 6.54 Å². The molecule has 0 spiro atoms. The summed E-state index contributed by atoms with van der Waals surface area (Å²) in [4.78, 5) is 1.68. The minimum absolute atomic E-state index is 0.0137. The van der Waals surface area contributed by atoms with Crippen molar-refractivity contribution in [1.29, 1.82) is 0 Å². The second kappa shape index (κ2) is 5.56. The number of hydrogen-bond acceptors (Lipinski definition) is 5. The third kappa shape index (κ3) is 3.03. The molecule has 0 saturated carbocycles. The topological polar surface area (TPSA) is 51.4 Å². The summed E-state index contributed by atoms with van der Waals surface area (Å²) in [6, 6.07) is 4.49. The van der Waals surface area contributed by atoms with Gasteiger partial charge in [-0.25, -0.2) is 4.39 Å². The van der Waals surface area contributed by atoms with Gasteiger partial charge < -0.3 is 9.15 Å². The van der Waals surface area contributed by atoms with Gasteiger partial charge in [-0.2, -0.15) is 13.2 Å². The fraction of sp³-hybridized carbons (Fsp3) is 0.385. The Morgan fingerprint density at radius 3 is 2.77 bits per heavy atom. The maximum atomic E-state index is 13.8. The molecule has 0 bridgehead atoms. The molecule has 0 saturated heterocycles. The van der Waals surface area contributed by atoms with Crippen molar-refractivity contribution in [2.75, 3.05) is 13.2 Å². The van der Waals surface area contributed by atoms with Gasteiger partial charge in [0.15, 0.2) is 0 Å². The third-order valence-corrected chi connectivity index (χ3v) is 3.19. The Balaban J connectivity index is 1.76. The van der Waals surface area contributed by atoms with E-state index in [4.69, 9.17) is 4.74 Å². The second-order valence-corrected chi connectivity index (χ2v) is 4.77. The highest BCUT2D eigenvalue weighted by Crippen LogP contribution is 2.29. The highest BCUT2D eigenvalue weighted by Gasteiger charge is 2.38. The Kier molecular flexibility index (Phi) is 3.73. The molecule has 2 aromatic rings. The summed E-state index contributed by atoms with van der Waals surface area (Å²) in [6.45, 7) is 0.862. The fourth-order valence-electron chi connectivity index (χ4n) is 2.17. The van der Waals surface area contributed by atoms with Crippen molar-refractivity contribution in [1.82, 2.24) is 15.1 Å². The molecule has 118 valence electrons. The zero-order chi connectivity index (χ0) is 15.7. The second-order valence-electron chi connectivity index (χ2n) is 4.77. The Morgan fingerprint density at radius 2 is 2.05 bits per heavy atom. The van der Waals surface area contributed by atoms with Gasteiger partial charge in [0.2, 0.25) is 5.89 Å². The largest absolute Gasteiger partial charge is 0.492 e. The minimum atomic E-state index is -4.67. The van der Waals surface area contributed by atoms with Gasteiger partial charge in [-0.1, -0.05) is 6.07 Å². The molecule has 22 heavy (non-hydrogen) atoms. The first-order chi connectivity index (χ1) is 10.4. The van der Waals surface area contributed by atoms with Crippen LogP contribution in [-0.2, 0) is 19.3 Å². The first-order valence-electron chi connectivity index (χ1n) is 6.45. The average Bonchev–Trinajstić information content (AvgIpc) is 2.81. The van der Waals surface area contributed by atoms with Gasteiger partial charge in [0, 0.05) is 18.7 Å². The third-order valence-electron chi connectivity index (χ3n) is 3.19. The zero-order valence-corrected chi connectivity index (χ0v) is 11.2. The standard InChI is InChI=1S/C13H11F4N3O2/c14-9-2-1-3-10-8(9)6-20(4-5-21-10)7-11-18-19-12(22-11)13(15,16)17/h1-3H,4-7H2. The summed E-state index contributed by atoms with van der Waals surface area (Å²) in [7, 11) is 0. The molecule has 9 heteroatoms. The maximum absolute atomic E-state index is 13.8. The molecule has 0 aliphatic carbocycles. The molecule has 1 aromatic heterocycles. The molecule has 1 aromatic carbocycles. The summed E-state index contributed by atoms with van der Waals surface area (Å²) in [5, 5.41) is 6.34. The first-order valence-corrected chi connectivity index (χ1v) is 6.45. The predicted molar refractivity (Wildman–Crippen MR) is 65.3 cm³/mol. The van der Waals surface area contributed by atoms with E-state index in [-0.39, 0.29) is 25.6 Å². The van der Waals surface area contributed by atoms with E-state index in [0.717, 1.165) is 0 Å². The number of rotatable bonds is 2. The monoisotopic (exact) mass is 317 g/mol. The van der Waals surface area contributed by atoms with Crippen LogP contribution in [0.4, 0.5) is 17.6 Å². The van der Waals surface area contributed by atoms with Crippen LogP contribution >= 0.6 is 0 Å². The molecular weight excluding hydrogens is 306 g/mol. The Bertz CT molecular complexity index is 672. The average molecular weight is 317 g/mol. The minimum Gasteiger partial charge on any atom is -0.492 e. The summed E-state index contributed by atoms with van der Waals surface area (Å²) < 4.78 is 61.1. The van der Waals surface area contributed by atoms with Crippen LogP contribution in [-0.4, -0.2) is 28.2 Å². The number of halogens is 4. The predicted octanol–water partition coefficient (Wildman–Crippen LogP) is 2.62. The molecule has 5 nitrogen and oxygen atoms in total. The van der Waals surface area contributed by atoms with Crippen LogP contribution in [0.2, 0.25) is 0 Å². The van der Waals surface area contributed by atoms with E-state index >= 15 is 0 Å². The van der Waals surface area contributed by atoms with Crippen molar-refractivity contribution in [3.8, 4) is 5.75 Å². The van der Waals surface area contributed by atoms with E-state index in [1.54, 1.807) is 11.0 Å². The van der Waals surface area contributed by atoms with Crippen LogP contribution in [0.25, 0.3) is 0 Å². The summed E-state index contributed by atoms with van der Waals surface area (Å²) >= 11 is 0. The smallest absolute Gasteiger partial charge is 0.470 e. The lowest BCUT2D eigenvalue weighted by Crippen LogP contribution is -2.25. The van der Waals surface area contributed by atoms with Crippen molar-refractivity contribution in [2.45, 2.75) is 19.3 Å². The maximum Gasteiger partial charge on any atom is 0.470 e. The Morgan fingerprint density at radius 1 is 1.23 bits per heavy atom. The van der Waals surface area contributed by atoms with Crippen molar-refractivity contribution < 1.29 is 26.7 Å². The summed E-state index contributed by atoms with van der Waals surface area (Å²) in [6.07, 6.45) is -4.67. The molecule has 0 unspecified atom stereocenters. The Hall–Kier alpha value is -2.16. The molecule has 0 radical (unpaired) electrons. The lowest BCUT2D eigenvalue weighted by Gasteiger charge is -2.16. The van der Waals surface area contributed by atoms with Gasteiger partial charge in [-0.3, -0.25) is 4.90 Å². The van der Waals surface area contributed by atoms with Crippen LogP contribution < -0.4 is 4.74 Å². The normalized spacial score (nSPS) is 16.0. The van der Waals surface area contributed by atoms with Crippen molar-refractivity contribution in [2.24, 2.45) is 0 Å². The van der Waals surface area contributed by atoms with Crippen molar-refractivity contribution in [3.05, 3.63) is 41.4 Å². The SMILES string of the molecule is Fc1cccc2c1CN(Cc1nnc(C(F)(F)F)o1)CCO2. The van der Waals surface area contributed by atoms with Crippen LogP contribution in [0.5, 0.6) is 5.75 Å².